The maximum absolute atomic E-state index is 9.12. The van der Waals surface area contributed by atoms with Crippen molar-refractivity contribution in [3.05, 3.63) is 0 Å². The normalized spacial score (nSPS) is 10.2. The molecule has 0 N–H and O–H groups in total. The summed E-state index contributed by atoms with van der Waals surface area (Å²) in [4.78, 5) is 0. The van der Waals surface area contributed by atoms with E-state index in [2.05, 4.69) is 0 Å². The summed E-state index contributed by atoms with van der Waals surface area (Å²) in [7, 11) is -3.47. The van der Waals surface area contributed by atoms with Gasteiger partial charge >= 0.3 is 19.1 Å². The van der Waals surface area contributed by atoms with Crippen LogP contribution in [-0.2, 0) is 31.7 Å². The summed E-state index contributed by atoms with van der Waals surface area (Å²) in [5.41, 5.74) is 0. The lowest BCUT2D eigenvalue weighted by Gasteiger charge is -2.12. The van der Waals surface area contributed by atoms with Crippen LogP contribution in [0, 0.1) is 0 Å². The van der Waals surface area contributed by atoms with Gasteiger partial charge in [0.1, 0.15) is 0 Å². The van der Waals surface area contributed by atoms with Gasteiger partial charge in [0.25, 0.3) is 0 Å². The molecule has 0 rings (SSSR count). The third-order valence-electron chi connectivity index (χ3n) is 1.82. The van der Waals surface area contributed by atoms with Gasteiger partial charge in [-0.1, -0.05) is 0 Å². The summed E-state index contributed by atoms with van der Waals surface area (Å²) in [6.45, 7) is 15.7. The van der Waals surface area contributed by atoms with Gasteiger partial charge in [-0.2, -0.15) is 0 Å². The molecule has 7 nitrogen and oxygen atoms in total. The van der Waals surface area contributed by atoms with Crippen LogP contribution in [0.1, 0.15) is 41.5 Å². The van der Waals surface area contributed by atoms with Crippen LogP contribution in [0.4, 0.5) is 9.05 Å². The van der Waals surface area contributed by atoms with E-state index < -0.39 is 19.1 Å². The quantitative estimate of drug-likeness (QED) is 0.480. The zero-order valence-electron chi connectivity index (χ0n) is 15.0. The highest BCUT2D eigenvalue weighted by atomic mass is 28.3. The van der Waals surface area contributed by atoms with E-state index in [-0.39, 0.29) is 0 Å². The van der Waals surface area contributed by atoms with Crippen LogP contribution in [0.25, 0.3) is 0 Å². The van der Waals surface area contributed by atoms with Crippen molar-refractivity contribution in [1.82, 2.24) is 0 Å². The average Bonchev–Trinajstić information content (AvgIpc) is 2.50. The van der Waals surface area contributed by atoms with Crippen LogP contribution in [0.15, 0.2) is 0 Å². The molecule has 0 fully saturated rings. The molecular formula is C12H32F2O7Si2. The van der Waals surface area contributed by atoms with Gasteiger partial charge in [-0.25, -0.2) is 0 Å². The van der Waals surface area contributed by atoms with Crippen LogP contribution in [0.2, 0.25) is 0 Å². The first-order valence-electron chi connectivity index (χ1n) is 7.70. The highest BCUT2D eigenvalue weighted by molar-refractivity contribution is 6.36. The average molecular weight is 383 g/mol. The second-order valence-electron chi connectivity index (χ2n) is 3.37. The molecule has 0 spiro atoms. The standard InChI is InChI=1S/2C6H16O3Si.F2O/c2*1-4-7-10(8-5-2)9-6-3;1-3-2/h2*10H,4-6H2,1-3H3;. The Bertz CT molecular complexity index is 152. The highest BCUT2D eigenvalue weighted by Gasteiger charge is 2.11. The fraction of sp³-hybridized carbons (Fsp3) is 1.00. The van der Waals surface area contributed by atoms with Gasteiger partial charge in [-0.05, 0) is 50.6 Å². The first kappa shape index (κ1) is 27.8. The van der Waals surface area contributed by atoms with Gasteiger partial charge in [0.15, 0.2) is 0 Å². The minimum Gasteiger partial charge on any atom is -0.376 e. The molecule has 0 aromatic rings. The summed E-state index contributed by atoms with van der Waals surface area (Å²) in [6.07, 6.45) is 0. The van der Waals surface area contributed by atoms with E-state index in [9.17, 15) is 0 Å². The Hall–Kier alpha value is 0.0138. The molecule has 0 aromatic carbocycles. The third-order valence-corrected chi connectivity index (χ3v) is 5.45. The molecule has 0 atom stereocenters. The van der Waals surface area contributed by atoms with Crippen LogP contribution in [0.3, 0.4) is 0 Å². The Morgan fingerprint density at radius 3 is 0.696 bits per heavy atom. The van der Waals surface area contributed by atoms with Crippen molar-refractivity contribution in [1.29, 1.82) is 0 Å². The van der Waals surface area contributed by atoms with Crippen molar-refractivity contribution in [3.63, 3.8) is 0 Å². The fourth-order valence-corrected chi connectivity index (χ4v) is 3.32. The minimum absolute atomic E-state index is 0.677. The predicted molar refractivity (Wildman–Crippen MR) is 87.4 cm³/mol. The smallest absolute Gasteiger partial charge is 0.376 e. The maximum atomic E-state index is 9.12. The lowest BCUT2D eigenvalue weighted by Crippen LogP contribution is -2.27. The molecule has 0 aliphatic rings. The zero-order valence-corrected chi connectivity index (χ0v) is 17.3. The van der Waals surface area contributed by atoms with Gasteiger partial charge < -0.3 is 26.6 Å². The van der Waals surface area contributed by atoms with Crippen LogP contribution in [0.5, 0.6) is 0 Å². The first-order valence-corrected chi connectivity index (χ1v) is 10.5. The molecule has 0 aliphatic carbocycles. The lowest BCUT2D eigenvalue weighted by molar-refractivity contribution is -0.317. The van der Waals surface area contributed by atoms with Crippen molar-refractivity contribution in [3.8, 4) is 0 Å². The molecule has 0 unspecified atom stereocenters. The summed E-state index contributed by atoms with van der Waals surface area (Å²) in [5.74, 6) is 0. The molecular weight excluding hydrogens is 350 g/mol. The molecule has 0 aliphatic heterocycles. The molecule has 144 valence electrons. The molecule has 23 heavy (non-hydrogen) atoms. The maximum Gasteiger partial charge on any atom is 0.484 e. The second kappa shape index (κ2) is 26.9. The van der Waals surface area contributed by atoms with Crippen LogP contribution >= 0.6 is 0 Å². The fourth-order valence-electron chi connectivity index (χ4n) is 1.11. The number of halogens is 2. The lowest BCUT2D eigenvalue weighted by atomic mass is 10.9. The van der Waals surface area contributed by atoms with Crippen LogP contribution in [-0.4, -0.2) is 58.7 Å². The van der Waals surface area contributed by atoms with Crippen molar-refractivity contribution in [2.24, 2.45) is 0 Å². The number of rotatable bonds is 12. The Kier molecular flexibility index (Phi) is 32.6. The van der Waals surface area contributed by atoms with Gasteiger partial charge in [-0.3, -0.25) is 0 Å². The largest absolute Gasteiger partial charge is 0.484 e. The summed E-state index contributed by atoms with van der Waals surface area (Å²) >= 11 is 0. The molecule has 0 aromatic heterocycles. The van der Waals surface area contributed by atoms with E-state index >= 15 is 0 Å². The Labute approximate surface area is 141 Å². The first-order chi connectivity index (χ1) is 11.1. The molecule has 0 saturated carbocycles. The Balaban J connectivity index is -0.000000297. The van der Waals surface area contributed by atoms with Crippen LogP contribution < -0.4 is 0 Å². The second-order valence-corrected chi connectivity index (χ2v) is 6.52. The summed E-state index contributed by atoms with van der Waals surface area (Å²) < 4.78 is 49.6. The SMILES string of the molecule is CCO[SiH](OCC)OCC.CCO[SiH](OCC)OCC.FOF. The summed E-state index contributed by atoms with van der Waals surface area (Å²) in [5, 5.41) is 1.25. The molecule has 0 heterocycles. The summed E-state index contributed by atoms with van der Waals surface area (Å²) in [6, 6.07) is 0. The van der Waals surface area contributed by atoms with E-state index in [0.717, 1.165) is 0 Å². The van der Waals surface area contributed by atoms with E-state index in [0.29, 0.717) is 39.6 Å². The molecule has 0 bridgehead atoms. The van der Waals surface area contributed by atoms with Crippen molar-refractivity contribution in [2.45, 2.75) is 41.5 Å². The van der Waals surface area contributed by atoms with E-state index in [1.54, 1.807) is 0 Å². The Morgan fingerprint density at radius 2 is 0.609 bits per heavy atom. The number of hydrogen-bond donors (Lipinski definition) is 0. The van der Waals surface area contributed by atoms with E-state index in [4.69, 9.17) is 35.6 Å². The number of hydrogen-bond acceptors (Lipinski definition) is 7. The predicted octanol–water partition coefficient (Wildman–Crippen LogP) is 2.40. The minimum atomic E-state index is -1.73. The molecule has 0 amide bonds. The molecule has 0 saturated heterocycles. The zero-order chi connectivity index (χ0) is 18.3. The van der Waals surface area contributed by atoms with Crippen molar-refractivity contribution < 1.29 is 40.8 Å². The highest BCUT2D eigenvalue weighted by Crippen LogP contribution is 1.91. The van der Waals surface area contributed by atoms with Gasteiger partial charge in [-0.15, -0.1) is 0 Å². The van der Waals surface area contributed by atoms with Gasteiger partial charge in [0.2, 0.25) is 0 Å². The topological polar surface area (TPSA) is 64.6 Å². The van der Waals surface area contributed by atoms with E-state index in [1.807, 2.05) is 41.5 Å². The van der Waals surface area contributed by atoms with E-state index in [1.165, 1.54) is 5.15 Å². The van der Waals surface area contributed by atoms with Crippen molar-refractivity contribution >= 4 is 19.1 Å². The molecule has 0 radical (unpaired) electrons. The van der Waals surface area contributed by atoms with Gasteiger partial charge in [0.05, 0.1) is 0 Å². The van der Waals surface area contributed by atoms with Crippen molar-refractivity contribution in [2.75, 3.05) is 39.6 Å². The monoisotopic (exact) mass is 382 g/mol. The Morgan fingerprint density at radius 1 is 0.478 bits per heavy atom. The molecule has 11 heteroatoms. The van der Waals surface area contributed by atoms with Gasteiger partial charge in [0, 0.05) is 44.8 Å². The third kappa shape index (κ3) is 27.2.